The highest BCUT2D eigenvalue weighted by Gasteiger charge is 2.28. The van der Waals surface area contributed by atoms with E-state index >= 15 is 0 Å². The molecule has 0 heterocycles. The average Bonchev–Trinajstić information content (AvgIpc) is 2.76. The van der Waals surface area contributed by atoms with E-state index in [-0.39, 0.29) is 23.7 Å². The standard InChI is InChI=1S/C27H43N3O3/c1-6-20(9-7-8-18(2)3)26(32)29-24-14-23(28-17-31)15-25(16-24)30-27(33)22-12-10-21(11-13-22)19(4)5/h14-22H,6-13H2,1-5H3,(H,28,31)(H,29,32)(H,30,33). The second-order valence-electron chi connectivity index (χ2n) is 10.3. The molecule has 1 aliphatic rings. The highest BCUT2D eigenvalue weighted by atomic mass is 16.2. The normalized spacial score (nSPS) is 19.2. The molecule has 1 atom stereocenters. The topological polar surface area (TPSA) is 87.3 Å². The first-order chi connectivity index (χ1) is 15.7. The van der Waals surface area contributed by atoms with Crippen molar-refractivity contribution in [1.82, 2.24) is 0 Å². The number of carbonyl (C=O) groups is 3. The van der Waals surface area contributed by atoms with Gasteiger partial charge in [0.05, 0.1) is 0 Å². The molecule has 6 nitrogen and oxygen atoms in total. The maximum atomic E-state index is 12.9. The van der Waals surface area contributed by atoms with Crippen molar-refractivity contribution in [3.63, 3.8) is 0 Å². The van der Waals surface area contributed by atoms with Gasteiger partial charge in [0.25, 0.3) is 0 Å². The summed E-state index contributed by atoms with van der Waals surface area (Å²) < 4.78 is 0. The second kappa shape index (κ2) is 13.4. The zero-order valence-corrected chi connectivity index (χ0v) is 21.1. The van der Waals surface area contributed by atoms with Crippen molar-refractivity contribution in [3.8, 4) is 0 Å². The molecule has 1 fully saturated rings. The molecule has 0 aromatic heterocycles. The van der Waals surface area contributed by atoms with Gasteiger partial charge in [0.1, 0.15) is 0 Å². The van der Waals surface area contributed by atoms with Crippen molar-refractivity contribution in [3.05, 3.63) is 18.2 Å². The van der Waals surface area contributed by atoms with Gasteiger partial charge < -0.3 is 16.0 Å². The molecule has 3 amide bonds. The van der Waals surface area contributed by atoms with Crippen molar-refractivity contribution in [1.29, 1.82) is 0 Å². The SMILES string of the molecule is CCC(CCCC(C)C)C(=O)Nc1cc(NC=O)cc(NC(=O)C2CCC(C(C)C)CC2)c1. The Morgan fingerprint density at radius 2 is 1.55 bits per heavy atom. The average molecular weight is 458 g/mol. The fourth-order valence-corrected chi connectivity index (χ4v) is 4.75. The van der Waals surface area contributed by atoms with Crippen LogP contribution in [0.2, 0.25) is 0 Å². The fraction of sp³-hybridized carbons (Fsp3) is 0.667. The van der Waals surface area contributed by atoms with Gasteiger partial charge in [-0.05, 0) is 74.5 Å². The summed E-state index contributed by atoms with van der Waals surface area (Å²) >= 11 is 0. The van der Waals surface area contributed by atoms with Gasteiger partial charge in [0.15, 0.2) is 0 Å². The van der Waals surface area contributed by atoms with E-state index in [1.807, 2.05) is 6.92 Å². The summed E-state index contributed by atoms with van der Waals surface area (Å²) in [5.41, 5.74) is 1.70. The molecule has 0 aliphatic heterocycles. The molecule has 184 valence electrons. The van der Waals surface area contributed by atoms with E-state index in [0.29, 0.717) is 41.2 Å². The second-order valence-corrected chi connectivity index (χ2v) is 10.3. The van der Waals surface area contributed by atoms with Crippen molar-refractivity contribution in [2.75, 3.05) is 16.0 Å². The number of nitrogens with one attached hydrogen (secondary N) is 3. The lowest BCUT2D eigenvalue weighted by Crippen LogP contribution is -2.28. The minimum absolute atomic E-state index is 0.00570. The van der Waals surface area contributed by atoms with E-state index in [0.717, 1.165) is 51.4 Å². The minimum Gasteiger partial charge on any atom is -0.329 e. The Morgan fingerprint density at radius 3 is 2.09 bits per heavy atom. The van der Waals surface area contributed by atoms with Crippen molar-refractivity contribution in [2.24, 2.45) is 29.6 Å². The van der Waals surface area contributed by atoms with Crippen LogP contribution in [0.4, 0.5) is 17.1 Å². The van der Waals surface area contributed by atoms with Gasteiger partial charge in [-0.2, -0.15) is 0 Å². The summed E-state index contributed by atoms with van der Waals surface area (Å²) in [5.74, 6) is 1.92. The third-order valence-electron chi connectivity index (χ3n) is 6.98. The van der Waals surface area contributed by atoms with E-state index < -0.39 is 0 Å². The summed E-state index contributed by atoms with van der Waals surface area (Å²) in [6, 6.07) is 5.21. The molecule has 3 N–H and O–H groups in total. The summed E-state index contributed by atoms with van der Waals surface area (Å²) in [6.45, 7) is 10.9. The Hall–Kier alpha value is -2.37. The summed E-state index contributed by atoms with van der Waals surface area (Å²) in [4.78, 5) is 36.8. The smallest absolute Gasteiger partial charge is 0.227 e. The maximum Gasteiger partial charge on any atom is 0.227 e. The Kier molecular flexibility index (Phi) is 10.9. The van der Waals surface area contributed by atoms with Gasteiger partial charge in [0.2, 0.25) is 18.2 Å². The van der Waals surface area contributed by atoms with Crippen LogP contribution in [0.1, 0.15) is 86.0 Å². The number of benzene rings is 1. The summed E-state index contributed by atoms with van der Waals surface area (Å²) in [7, 11) is 0. The van der Waals surface area contributed by atoms with E-state index in [4.69, 9.17) is 0 Å². The number of rotatable bonds is 12. The van der Waals surface area contributed by atoms with Crippen LogP contribution in [0.15, 0.2) is 18.2 Å². The molecule has 0 spiro atoms. The van der Waals surface area contributed by atoms with E-state index in [2.05, 4.69) is 43.6 Å². The summed E-state index contributed by atoms with van der Waals surface area (Å²) in [6.07, 6.45) is 8.33. The number of anilines is 3. The van der Waals surface area contributed by atoms with Gasteiger partial charge >= 0.3 is 0 Å². The van der Waals surface area contributed by atoms with Gasteiger partial charge in [0, 0.05) is 28.9 Å². The first kappa shape index (κ1) is 26.9. The van der Waals surface area contributed by atoms with Crippen molar-refractivity contribution < 1.29 is 14.4 Å². The molecule has 2 rings (SSSR count). The largest absolute Gasteiger partial charge is 0.329 e. The molecular weight excluding hydrogens is 414 g/mol. The predicted molar refractivity (Wildman–Crippen MR) is 136 cm³/mol. The van der Waals surface area contributed by atoms with Crippen LogP contribution >= 0.6 is 0 Å². The van der Waals surface area contributed by atoms with Crippen molar-refractivity contribution in [2.45, 2.75) is 86.0 Å². The first-order valence-corrected chi connectivity index (χ1v) is 12.7. The quantitative estimate of drug-likeness (QED) is 0.315. The Bertz CT molecular complexity index is 746. The minimum atomic E-state index is -0.0550. The predicted octanol–water partition coefficient (Wildman–Crippen LogP) is 6.45. The fourth-order valence-electron chi connectivity index (χ4n) is 4.75. The highest BCUT2D eigenvalue weighted by molar-refractivity contribution is 5.97. The molecule has 1 aromatic carbocycles. The zero-order valence-electron chi connectivity index (χ0n) is 21.1. The maximum absolute atomic E-state index is 12.9. The molecule has 33 heavy (non-hydrogen) atoms. The lowest BCUT2D eigenvalue weighted by Gasteiger charge is -2.30. The molecule has 1 saturated carbocycles. The number of hydrogen-bond acceptors (Lipinski definition) is 3. The molecule has 0 radical (unpaired) electrons. The van der Waals surface area contributed by atoms with Crippen molar-refractivity contribution >= 4 is 35.3 Å². The number of carbonyl (C=O) groups excluding carboxylic acids is 3. The van der Waals surface area contributed by atoms with Crippen LogP contribution in [-0.2, 0) is 14.4 Å². The molecule has 0 bridgehead atoms. The third kappa shape index (κ3) is 8.82. The lowest BCUT2D eigenvalue weighted by atomic mass is 9.76. The van der Waals surface area contributed by atoms with Gasteiger partial charge in [-0.3, -0.25) is 14.4 Å². The Labute approximate surface area is 199 Å². The molecule has 6 heteroatoms. The zero-order chi connectivity index (χ0) is 24.4. The summed E-state index contributed by atoms with van der Waals surface area (Å²) in [5, 5.41) is 8.65. The van der Waals surface area contributed by atoms with E-state index in [1.54, 1.807) is 18.2 Å². The van der Waals surface area contributed by atoms with Crippen LogP contribution < -0.4 is 16.0 Å². The number of hydrogen-bond donors (Lipinski definition) is 3. The third-order valence-corrected chi connectivity index (χ3v) is 6.98. The van der Waals surface area contributed by atoms with Crippen LogP contribution in [0, 0.1) is 29.6 Å². The molecule has 1 aromatic rings. The molecule has 1 aliphatic carbocycles. The Balaban J connectivity index is 2.05. The van der Waals surface area contributed by atoms with Gasteiger partial charge in [-0.15, -0.1) is 0 Å². The molecule has 1 unspecified atom stereocenters. The lowest BCUT2D eigenvalue weighted by molar-refractivity contribution is -0.121. The highest BCUT2D eigenvalue weighted by Crippen LogP contribution is 2.34. The van der Waals surface area contributed by atoms with Gasteiger partial charge in [-0.25, -0.2) is 0 Å². The van der Waals surface area contributed by atoms with E-state index in [1.165, 1.54) is 0 Å². The van der Waals surface area contributed by atoms with E-state index in [9.17, 15) is 14.4 Å². The van der Waals surface area contributed by atoms with Crippen LogP contribution in [0.3, 0.4) is 0 Å². The molecular formula is C27H43N3O3. The Morgan fingerprint density at radius 1 is 0.939 bits per heavy atom. The van der Waals surface area contributed by atoms with Gasteiger partial charge in [-0.1, -0.05) is 47.5 Å². The van der Waals surface area contributed by atoms with Crippen LogP contribution in [-0.4, -0.2) is 18.2 Å². The molecule has 0 saturated heterocycles. The first-order valence-electron chi connectivity index (χ1n) is 12.7. The number of amides is 3. The monoisotopic (exact) mass is 457 g/mol. The van der Waals surface area contributed by atoms with Crippen LogP contribution in [0.25, 0.3) is 0 Å². The van der Waals surface area contributed by atoms with Crippen LogP contribution in [0.5, 0.6) is 0 Å².